The van der Waals surface area contributed by atoms with Crippen molar-refractivity contribution in [1.82, 2.24) is 5.32 Å². The van der Waals surface area contributed by atoms with Crippen LogP contribution in [-0.4, -0.2) is 19.3 Å². The number of rotatable bonds is 4. The number of nitrogens with one attached hydrogen (secondary N) is 1. The molecule has 2 aromatic carbocycles. The molecule has 0 bridgehead atoms. The molecule has 1 N–H and O–H groups in total. The summed E-state index contributed by atoms with van der Waals surface area (Å²) in [5.74, 6) is 1.61. The molecule has 1 aliphatic heterocycles. The Morgan fingerprint density at radius 2 is 2.00 bits per heavy atom. The molecular formula is C16H15BrClNO2. The van der Waals surface area contributed by atoms with Gasteiger partial charge < -0.3 is 14.8 Å². The lowest BCUT2D eigenvalue weighted by molar-refractivity contribution is 0.0902. The van der Waals surface area contributed by atoms with Gasteiger partial charge in [0.1, 0.15) is 12.7 Å². The van der Waals surface area contributed by atoms with E-state index >= 15 is 0 Å². The van der Waals surface area contributed by atoms with Gasteiger partial charge in [0, 0.05) is 22.6 Å². The molecule has 0 amide bonds. The number of ether oxygens (including phenoxy) is 2. The Hall–Kier alpha value is -1.23. The van der Waals surface area contributed by atoms with Crippen LogP contribution in [0, 0.1) is 0 Å². The zero-order valence-corrected chi connectivity index (χ0v) is 13.7. The second-order valence-electron chi connectivity index (χ2n) is 4.86. The predicted molar refractivity (Wildman–Crippen MR) is 87.2 cm³/mol. The summed E-state index contributed by atoms with van der Waals surface area (Å²) >= 11 is 9.62. The van der Waals surface area contributed by atoms with Gasteiger partial charge in [0.2, 0.25) is 0 Å². The first kappa shape index (κ1) is 14.7. The van der Waals surface area contributed by atoms with E-state index in [9.17, 15) is 0 Å². The first-order valence-electron chi connectivity index (χ1n) is 6.75. The molecule has 1 heterocycles. The Morgan fingerprint density at radius 3 is 2.86 bits per heavy atom. The fraction of sp³-hybridized carbons (Fsp3) is 0.250. The highest BCUT2D eigenvalue weighted by atomic mass is 79.9. The van der Waals surface area contributed by atoms with Gasteiger partial charge in [0.15, 0.2) is 11.5 Å². The van der Waals surface area contributed by atoms with Crippen LogP contribution in [0.25, 0.3) is 0 Å². The van der Waals surface area contributed by atoms with Crippen LogP contribution in [0.5, 0.6) is 11.5 Å². The van der Waals surface area contributed by atoms with Crippen molar-refractivity contribution < 1.29 is 9.47 Å². The lowest BCUT2D eigenvalue weighted by atomic mass is 10.2. The molecule has 1 atom stereocenters. The quantitative estimate of drug-likeness (QED) is 0.884. The molecule has 0 aliphatic carbocycles. The smallest absolute Gasteiger partial charge is 0.161 e. The van der Waals surface area contributed by atoms with Crippen LogP contribution in [0.2, 0.25) is 5.02 Å². The van der Waals surface area contributed by atoms with Crippen molar-refractivity contribution in [2.75, 3.05) is 13.2 Å². The van der Waals surface area contributed by atoms with Gasteiger partial charge >= 0.3 is 0 Å². The molecule has 110 valence electrons. The highest BCUT2D eigenvalue weighted by molar-refractivity contribution is 9.10. The lowest BCUT2D eigenvalue weighted by Gasteiger charge is -2.26. The number of halogens is 2. The Morgan fingerprint density at radius 1 is 1.19 bits per heavy atom. The average Bonchev–Trinajstić information content (AvgIpc) is 2.50. The predicted octanol–water partition coefficient (Wildman–Crippen LogP) is 4.03. The number of hydrogen-bond donors (Lipinski definition) is 1. The summed E-state index contributed by atoms with van der Waals surface area (Å²) in [6.45, 7) is 1.95. The summed E-state index contributed by atoms with van der Waals surface area (Å²) in [5, 5.41) is 4.12. The van der Waals surface area contributed by atoms with Crippen LogP contribution in [-0.2, 0) is 6.54 Å². The van der Waals surface area contributed by atoms with Crippen LogP contribution in [0.3, 0.4) is 0 Å². The molecule has 21 heavy (non-hydrogen) atoms. The summed E-state index contributed by atoms with van der Waals surface area (Å²) in [6.07, 6.45) is 0.00540. The maximum Gasteiger partial charge on any atom is 0.161 e. The van der Waals surface area contributed by atoms with E-state index in [4.69, 9.17) is 21.1 Å². The molecule has 0 spiro atoms. The van der Waals surface area contributed by atoms with Crippen molar-refractivity contribution in [2.45, 2.75) is 12.6 Å². The van der Waals surface area contributed by atoms with E-state index < -0.39 is 0 Å². The van der Waals surface area contributed by atoms with Gasteiger partial charge in [-0.15, -0.1) is 0 Å². The van der Waals surface area contributed by atoms with E-state index in [2.05, 4.69) is 21.2 Å². The zero-order valence-electron chi connectivity index (χ0n) is 11.3. The van der Waals surface area contributed by atoms with Crippen molar-refractivity contribution in [3.8, 4) is 11.5 Å². The lowest BCUT2D eigenvalue weighted by Crippen LogP contribution is -2.38. The maximum atomic E-state index is 6.17. The first-order valence-corrected chi connectivity index (χ1v) is 7.92. The Labute approximate surface area is 137 Å². The highest BCUT2D eigenvalue weighted by Gasteiger charge is 2.20. The highest BCUT2D eigenvalue weighted by Crippen LogP contribution is 2.30. The van der Waals surface area contributed by atoms with Gasteiger partial charge in [-0.3, -0.25) is 0 Å². The summed E-state index contributed by atoms with van der Waals surface area (Å²) in [7, 11) is 0. The van der Waals surface area contributed by atoms with Gasteiger partial charge in [-0.2, -0.15) is 0 Å². The molecule has 2 aromatic rings. The molecule has 0 radical (unpaired) electrons. The van der Waals surface area contributed by atoms with Gasteiger partial charge in [0.05, 0.1) is 0 Å². The van der Waals surface area contributed by atoms with Crippen LogP contribution in [0.1, 0.15) is 5.56 Å². The van der Waals surface area contributed by atoms with Crippen molar-refractivity contribution in [3.63, 3.8) is 0 Å². The minimum Gasteiger partial charge on any atom is -0.486 e. The summed E-state index contributed by atoms with van der Waals surface area (Å²) in [6, 6.07) is 13.6. The number of fused-ring (bicyclic) bond motifs is 1. The van der Waals surface area contributed by atoms with Gasteiger partial charge in [-0.1, -0.05) is 39.7 Å². The molecule has 5 heteroatoms. The molecule has 1 unspecified atom stereocenters. The van der Waals surface area contributed by atoms with E-state index in [1.54, 1.807) is 0 Å². The molecule has 0 aromatic heterocycles. The van der Waals surface area contributed by atoms with Gasteiger partial charge in [-0.05, 0) is 35.9 Å². The fourth-order valence-electron chi connectivity index (χ4n) is 2.21. The molecule has 0 fully saturated rings. The second-order valence-corrected chi connectivity index (χ2v) is 6.19. The third kappa shape index (κ3) is 3.70. The van der Waals surface area contributed by atoms with Gasteiger partial charge in [0.25, 0.3) is 0 Å². The van der Waals surface area contributed by atoms with E-state index in [0.29, 0.717) is 19.7 Å². The third-order valence-corrected chi connectivity index (χ3v) is 4.12. The molecule has 3 nitrogen and oxygen atoms in total. The number of para-hydroxylation sites is 2. The Bertz CT molecular complexity index is 635. The summed E-state index contributed by atoms with van der Waals surface area (Å²) < 4.78 is 12.6. The number of hydrogen-bond acceptors (Lipinski definition) is 3. The second kappa shape index (κ2) is 6.69. The molecule has 0 saturated heterocycles. The molecule has 0 saturated carbocycles. The fourth-order valence-corrected chi connectivity index (χ4v) is 2.80. The van der Waals surface area contributed by atoms with E-state index in [1.165, 1.54) is 0 Å². The summed E-state index contributed by atoms with van der Waals surface area (Å²) in [4.78, 5) is 0. The van der Waals surface area contributed by atoms with Crippen LogP contribution < -0.4 is 14.8 Å². The topological polar surface area (TPSA) is 30.5 Å². The van der Waals surface area contributed by atoms with E-state index in [0.717, 1.165) is 26.6 Å². The Kier molecular flexibility index (Phi) is 4.68. The largest absolute Gasteiger partial charge is 0.486 e. The van der Waals surface area contributed by atoms with Crippen molar-refractivity contribution in [3.05, 3.63) is 57.5 Å². The molecule has 3 rings (SSSR count). The third-order valence-electron chi connectivity index (χ3n) is 3.26. The number of benzene rings is 2. The maximum absolute atomic E-state index is 6.17. The first-order chi connectivity index (χ1) is 10.2. The standard InChI is InChI=1S/C16H15BrClNO2/c17-12-5-6-14(18)11(7-12)8-19-9-13-10-20-15-3-1-2-4-16(15)21-13/h1-7,13,19H,8-10H2. The van der Waals surface area contributed by atoms with Crippen molar-refractivity contribution in [2.24, 2.45) is 0 Å². The van der Waals surface area contributed by atoms with Crippen molar-refractivity contribution >= 4 is 27.5 Å². The average molecular weight is 369 g/mol. The van der Waals surface area contributed by atoms with E-state index in [-0.39, 0.29) is 6.10 Å². The Balaban J connectivity index is 1.54. The minimum atomic E-state index is 0.00540. The van der Waals surface area contributed by atoms with E-state index in [1.807, 2.05) is 42.5 Å². The van der Waals surface area contributed by atoms with Crippen LogP contribution in [0.15, 0.2) is 46.9 Å². The summed E-state index contributed by atoms with van der Waals surface area (Å²) in [5.41, 5.74) is 1.06. The zero-order chi connectivity index (χ0) is 14.7. The van der Waals surface area contributed by atoms with Gasteiger partial charge in [-0.25, -0.2) is 0 Å². The SMILES string of the molecule is Clc1ccc(Br)cc1CNCC1COc2ccccc2O1. The monoisotopic (exact) mass is 367 g/mol. The normalized spacial score (nSPS) is 16.8. The minimum absolute atomic E-state index is 0.00540. The van der Waals surface area contributed by atoms with Crippen LogP contribution in [0.4, 0.5) is 0 Å². The molecule has 1 aliphatic rings. The molecular weight excluding hydrogens is 354 g/mol. The van der Waals surface area contributed by atoms with Crippen molar-refractivity contribution in [1.29, 1.82) is 0 Å². The van der Waals surface area contributed by atoms with Crippen LogP contribution >= 0.6 is 27.5 Å².